The Kier molecular flexibility index (Phi) is 6.12. The van der Waals surface area contributed by atoms with Crippen LogP contribution in [0.5, 0.6) is 5.75 Å². The van der Waals surface area contributed by atoms with E-state index in [0.717, 1.165) is 5.56 Å². The number of carbonyl (C=O) groups excluding carboxylic acids is 1. The lowest BCUT2D eigenvalue weighted by atomic mass is 10.2. The molecule has 0 bridgehead atoms. The molecule has 0 unspecified atom stereocenters. The normalized spacial score (nSPS) is 10.7. The van der Waals surface area contributed by atoms with E-state index >= 15 is 0 Å². The molecule has 0 saturated heterocycles. The van der Waals surface area contributed by atoms with Crippen molar-refractivity contribution in [1.82, 2.24) is 19.7 Å². The molecule has 0 radical (unpaired) electrons. The third-order valence-corrected chi connectivity index (χ3v) is 5.34. The van der Waals surface area contributed by atoms with E-state index in [4.69, 9.17) is 16.3 Å². The smallest absolute Gasteiger partial charge is 0.236 e. The first kappa shape index (κ1) is 18.7. The SMILES string of the molecule is CCn1c(SCC(=O)Nc2nccs2)nnc1-c1cc(Cl)ccc1OC. The second-order valence-electron chi connectivity index (χ2n) is 5.07. The topological polar surface area (TPSA) is 81.9 Å². The first-order chi connectivity index (χ1) is 12.6. The minimum Gasteiger partial charge on any atom is -0.496 e. The van der Waals surface area contributed by atoms with Crippen LogP contribution in [-0.2, 0) is 11.3 Å². The Labute approximate surface area is 163 Å². The predicted molar refractivity (Wildman–Crippen MR) is 104 cm³/mol. The van der Waals surface area contributed by atoms with Gasteiger partial charge in [-0.25, -0.2) is 4.98 Å². The van der Waals surface area contributed by atoms with Crippen LogP contribution in [0.15, 0.2) is 34.9 Å². The van der Waals surface area contributed by atoms with Crippen molar-refractivity contribution in [2.45, 2.75) is 18.6 Å². The first-order valence-electron chi connectivity index (χ1n) is 7.71. The van der Waals surface area contributed by atoms with Crippen molar-refractivity contribution in [1.29, 1.82) is 0 Å². The van der Waals surface area contributed by atoms with Gasteiger partial charge in [0.25, 0.3) is 0 Å². The number of benzene rings is 1. The number of anilines is 1. The van der Waals surface area contributed by atoms with E-state index in [9.17, 15) is 4.79 Å². The Morgan fingerprint density at radius 2 is 2.27 bits per heavy atom. The quantitative estimate of drug-likeness (QED) is 0.597. The van der Waals surface area contributed by atoms with Gasteiger partial charge in [0, 0.05) is 23.1 Å². The van der Waals surface area contributed by atoms with Crippen LogP contribution >= 0.6 is 34.7 Å². The maximum atomic E-state index is 12.0. The van der Waals surface area contributed by atoms with Crippen molar-refractivity contribution in [2.75, 3.05) is 18.2 Å². The number of hydrogen-bond donors (Lipinski definition) is 1. The molecule has 1 amide bonds. The van der Waals surface area contributed by atoms with E-state index in [-0.39, 0.29) is 11.7 Å². The summed E-state index contributed by atoms with van der Waals surface area (Å²) in [4.78, 5) is 16.1. The highest BCUT2D eigenvalue weighted by atomic mass is 35.5. The van der Waals surface area contributed by atoms with Gasteiger partial charge in [0.1, 0.15) is 5.75 Å². The molecule has 26 heavy (non-hydrogen) atoms. The molecule has 0 aliphatic heterocycles. The summed E-state index contributed by atoms with van der Waals surface area (Å²) < 4.78 is 7.33. The molecular weight excluding hydrogens is 394 g/mol. The van der Waals surface area contributed by atoms with Gasteiger partial charge in [-0.3, -0.25) is 4.79 Å². The van der Waals surface area contributed by atoms with Crippen LogP contribution < -0.4 is 10.1 Å². The van der Waals surface area contributed by atoms with Gasteiger partial charge in [0.05, 0.1) is 18.4 Å². The Hall–Kier alpha value is -2.10. The van der Waals surface area contributed by atoms with Crippen molar-refractivity contribution in [2.24, 2.45) is 0 Å². The average molecular weight is 410 g/mol. The minimum atomic E-state index is -0.141. The number of amides is 1. The monoisotopic (exact) mass is 409 g/mol. The second kappa shape index (κ2) is 8.52. The molecular formula is C16H16ClN5O2S2. The van der Waals surface area contributed by atoms with Crippen LogP contribution in [0, 0.1) is 0 Å². The molecule has 2 heterocycles. The number of ether oxygens (including phenoxy) is 1. The van der Waals surface area contributed by atoms with E-state index in [0.29, 0.717) is 33.4 Å². The van der Waals surface area contributed by atoms with Gasteiger partial charge >= 0.3 is 0 Å². The van der Waals surface area contributed by atoms with Crippen molar-refractivity contribution in [3.8, 4) is 17.1 Å². The Morgan fingerprint density at radius 1 is 1.42 bits per heavy atom. The van der Waals surface area contributed by atoms with Gasteiger partial charge in [0.2, 0.25) is 5.91 Å². The van der Waals surface area contributed by atoms with Crippen LogP contribution in [0.1, 0.15) is 6.92 Å². The molecule has 2 aromatic heterocycles. The van der Waals surface area contributed by atoms with Gasteiger partial charge < -0.3 is 14.6 Å². The third-order valence-electron chi connectivity index (χ3n) is 3.45. The molecule has 0 spiro atoms. The highest BCUT2D eigenvalue weighted by Crippen LogP contribution is 2.33. The van der Waals surface area contributed by atoms with Gasteiger partial charge in [-0.1, -0.05) is 23.4 Å². The highest BCUT2D eigenvalue weighted by molar-refractivity contribution is 7.99. The van der Waals surface area contributed by atoms with Gasteiger partial charge in [0.15, 0.2) is 16.1 Å². The number of nitrogens with one attached hydrogen (secondary N) is 1. The molecule has 0 aliphatic carbocycles. The van der Waals surface area contributed by atoms with Crippen molar-refractivity contribution in [3.63, 3.8) is 0 Å². The van der Waals surface area contributed by atoms with Gasteiger partial charge in [-0.2, -0.15) is 0 Å². The summed E-state index contributed by atoms with van der Waals surface area (Å²) in [5, 5.41) is 14.9. The molecule has 136 valence electrons. The Morgan fingerprint density at radius 3 is 2.96 bits per heavy atom. The van der Waals surface area contributed by atoms with Gasteiger partial charge in [-0.05, 0) is 25.1 Å². The summed E-state index contributed by atoms with van der Waals surface area (Å²) in [7, 11) is 1.60. The van der Waals surface area contributed by atoms with E-state index in [1.807, 2.05) is 11.5 Å². The highest BCUT2D eigenvalue weighted by Gasteiger charge is 2.18. The molecule has 3 aromatic rings. The number of halogens is 1. The van der Waals surface area contributed by atoms with Gasteiger partial charge in [-0.15, -0.1) is 21.5 Å². The largest absolute Gasteiger partial charge is 0.496 e. The Bertz CT molecular complexity index is 898. The van der Waals surface area contributed by atoms with Crippen LogP contribution in [0.2, 0.25) is 5.02 Å². The maximum absolute atomic E-state index is 12.0. The molecule has 10 heteroatoms. The number of carbonyl (C=O) groups is 1. The fourth-order valence-corrected chi connectivity index (χ4v) is 3.82. The maximum Gasteiger partial charge on any atom is 0.236 e. The standard InChI is InChI=1S/C16H16ClN5O2S2/c1-3-22-14(11-8-10(17)4-5-12(11)24-2)20-21-16(22)26-9-13(23)19-15-18-6-7-25-15/h4-8H,3,9H2,1-2H3,(H,18,19,23). The van der Waals surface area contributed by atoms with E-state index in [1.165, 1.54) is 23.1 Å². The minimum absolute atomic E-state index is 0.141. The summed E-state index contributed by atoms with van der Waals surface area (Å²) in [5.74, 6) is 1.38. The fourth-order valence-electron chi connectivity index (χ4n) is 2.31. The summed E-state index contributed by atoms with van der Waals surface area (Å²) in [6.45, 7) is 2.64. The molecule has 0 fully saturated rings. The second-order valence-corrected chi connectivity index (χ2v) is 7.34. The molecule has 0 aliphatic rings. The van der Waals surface area contributed by atoms with Crippen LogP contribution in [-0.4, -0.2) is 38.5 Å². The number of aromatic nitrogens is 4. The lowest BCUT2D eigenvalue weighted by Gasteiger charge is -2.10. The van der Waals surface area contributed by atoms with Crippen molar-refractivity contribution in [3.05, 3.63) is 34.8 Å². The van der Waals surface area contributed by atoms with Crippen LogP contribution in [0.25, 0.3) is 11.4 Å². The number of rotatable bonds is 7. The third kappa shape index (κ3) is 4.17. The number of nitrogens with zero attached hydrogens (tertiary/aromatic N) is 4. The molecule has 7 nitrogen and oxygen atoms in total. The fraction of sp³-hybridized carbons (Fsp3) is 0.250. The molecule has 0 saturated carbocycles. The summed E-state index contributed by atoms with van der Waals surface area (Å²) >= 11 is 8.81. The van der Waals surface area contributed by atoms with Crippen molar-refractivity contribution < 1.29 is 9.53 Å². The van der Waals surface area contributed by atoms with Crippen molar-refractivity contribution >= 4 is 45.7 Å². The number of hydrogen-bond acceptors (Lipinski definition) is 7. The van der Waals surface area contributed by atoms with E-state index < -0.39 is 0 Å². The van der Waals surface area contributed by atoms with E-state index in [2.05, 4.69) is 20.5 Å². The summed E-state index contributed by atoms with van der Waals surface area (Å²) in [6, 6.07) is 5.34. The molecule has 1 N–H and O–H groups in total. The number of methoxy groups -OCH3 is 1. The number of thiazole rings is 1. The molecule has 3 rings (SSSR count). The molecule has 1 aromatic carbocycles. The van der Waals surface area contributed by atoms with Crippen LogP contribution in [0.3, 0.4) is 0 Å². The zero-order chi connectivity index (χ0) is 18.5. The zero-order valence-corrected chi connectivity index (χ0v) is 16.5. The first-order valence-corrected chi connectivity index (χ1v) is 9.96. The van der Waals surface area contributed by atoms with E-state index in [1.54, 1.807) is 36.9 Å². The Balaban J connectivity index is 1.78. The lowest BCUT2D eigenvalue weighted by Crippen LogP contribution is -2.14. The summed E-state index contributed by atoms with van der Waals surface area (Å²) in [6.07, 6.45) is 1.64. The zero-order valence-electron chi connectivity index (χ0n) is 14.1. The molecule has 0 atom stereocenters. The summed E-state index contributed by atoms with van der Waals surface area (Å²) in [5.41, 5.74) is 0.758. The number of thioether (sulfide) groups is 1. The lowest BCUT2D eigenvalue weighted by molar-refractivity contribution is -0.113. The van der Waals surface area contributed by atoms with Crippen LogP contribution in [0.4, 0.5) is 5.13 Å². The average Bonchev–Trinajstić information content (AvgIpc) is 3.29. The predicted octanol–water partition coefficient (Wildman–Crippen LogP) is 3.81.